The van der Waals surface area contributed by atoms with E-state index in [9.17, 15) is 13.2 Å². The summed E-state index contributed by atoms with van der Waals surface area (Å²) in [5.41, 5.74) is 1.72. The van der Waals surface area contributed by atoms with Gasteiger partial charge in [-0.1, -0.05) is 12.1 Å². The van der Waals surface area contributed by atoms with Crippen molar-refractivity contribution in [1.82, 2.24) is 24.5 Å². The maximum absolute atomic E-state index is 12.3. The van der Waals surface area contributed by atoms with Crippen LogP contribution in [-0.2, 0) is 6.54 Å². The van der Waals surface area contributed by atoms with Gasteiger partial charge in [0.25, 0.3) is 0 Å². The lowest BCUT2D eigenvalue weighted by atomic mass is 10.2. The molecule has 10 heteroatoms. The van der Waals surface area contributed by atoms with Crippen molar-refractivity contribution >= 4 is 11.5 Å². The van der Waals surface area contributed by atoms with Crippen molar-refractivity contribution in [2.45, 2.75) is 31.4 Å². The van der Waals surface area contributed by atoms with Gasteiger partial charge in [-0.2, -0.15) is 0 Å². The van der Waals surface area contributed by atoms with Crippen LogP contribution in [0.15, 0.2) is 43.0 Å². The summed E-state index contributed by atoms with van der Waals surface area (Å²) < 4.78 is 42.6. The fourth-order valence-corrected chi connectivity index (χ4v) is 4.18. The van der Waals surface area contributed by atoms with Gasteiger partial charge in [0.2, 0.25) is 5.65 Å². The number of nitrogens with zero attached hydrogens (tertiary/aromatic N) is 6. The summed E-state index contributed by atoms with van der Waals surface area (Å²) in [6.45, 7) is 2.42. The van der Waals surface area contributed by atoms with Crippen molar-refractivity contribution in [3.63, 3.8) is 0 Å². The molecule has 3 aromatic rings. The number of fused-ring (bicyclic) bond motifs is 3. The van der Waals surface area contributed by atoms with E-state index >= 15 is 0 Å². The standard InChI is InChI=1S/C18H17F3N6O/c19-18(20,21)28-15-3-1-12(2-4-15)8-26-9-14-7-13(26)10-27(14)16-17-24-23-11-25(17)6-5-22-16/h1-6,11,13-14H,7-10H2. The van der Waals surface area contributed by atoms with Crippen LogP contribution in [0.2, 0.25) is 0 Å². The number of benzene rings is 1. The van der Waals surface area contributed by atoms with Crippen LogP contribution >= 0.6 is 0 Å². The average Bonchev–Trinajstić information content (AvgIpc) is 3.36. The second-order valence-corrected chi connectivity index (χ2v) is 7.13. The van der Waals surface area contributed by atoms with E-state index in [1.807, 2.05) is 10.6 Å². The molecule has 2 saturated heterocycles. The molecule has 146 valence electrons. The first-order valence-electron chi connectivity index (χ1n) is 8.96. The zero-order valence-corrected chi connectivity index (χ0v) is 14.8. The molecule has 2 fully saturated rings. The number of piperazine rings is 1. The van der Waals surface area contributed by atoms with Gasteiger partial charge >= 0.3 is 6.36 Å². The van der Waals surface area contributed by atoms with Crippen LogP contribution < -0.4 is 9.64 Å². The molecule has 2 atom stereocenters. The van der Waals surface area contributed by atoms with E-state index in [2.05, 4.69) is 29.7 Å². The van der Waals surface area contributed by atoms with Crippen LogP contribution in [0.5, 0.6) is 5.75 Å². The fourth-order valence-electron chi connectivity index (χ4n) is 4.18. The monoisotopic (exact) mass is 390 g/mol. The Labute approximate surface area is 158 Å². The number of hydrogen-bond donors (Lipinski definition) is 0. The van der Waals surface area contributed by atoms with Gasteiger partial charge in [0.1, 0.15) is 12.1 Å². The Morgan fingerprint density at radius 3 is 2.64 bits per heavy atom. The summed E-state index contributed by atoms with van der Waals surface area (Å²) in [7, 11) is 0. The van der Waals surface area contributed by atoms with Crippen molar-refractivity contribution in [2.75, 3.05) is 18.0 Å². The molecule has 0 saturated carbocycles. The predicted octanol–water partition coefficient (Wildman–Crippen LogP) is 2.49. The highest BCUT2D eigenvalue weighted by molar-refractivity contribution is 5.64. The van der Waals surface area contributed by atoms with E-state index in [0.717, 1.165) is 36.5 Å². The minimum absolute atomic E-state index is 0.196. The number of anilines is 1. The number of hydrogen-bond acceptors (Lipinski definition) is 6. The Hall–Kier alpha value is -2.88. The van der Waals surface area contributed by atoms with Crippen LogP contribution in [0.25, 0.3) is 5.65 Å². The van der Waals surface area contributed by atoms with Crippen LogP contribution in [0.4, 0.5) is 19.0 Å². The lowest BCUT2D eigenvalue weighted by Gasteiger charge is -2.34. The van der Waals surface area contributed by atoms with Crippen molar-refractivity contribution in [3.05, 3.63) is 48.5 Å². The summed E-state index contributed by atoms with van der Waals surface area (Å²) in [6.07, 6.45) is 1.60. The SMILES string of the molecule is FC(F)(F)Oc1ccc(CN2CC3CC2CN3c2nccn3cnnc23)cc1. The van der Waals surface area contributed by atoms with Crippen molar-refractivity contribution in [2.24, 2.45) is 0 Å². The predicted molar refractivity (Wildman–Crippen MR) is 93.9 cm³/mol. The third-order valence-electron chi connectivity index (χ3n) is 5.37. The first kappa shape index (κ1) is 17.2. The lowest BCUT2D eigenvalue weighted by molar-refractivity contribution is -0.274. The van der Waals surface area contributed by atoms with Gasteiger partial charge in [-0.05, 0) is 24.1 Å². The molecule has 2 bridgehead atoms. The van der Waals surface area contributed by atoms with Crippen molar-refractivity contribution in [1.29, 1.82) is 0 Å². The summed E-state index contributed by atoms with van der Waals surface area (Å²) in [5, 5.41) is 8.12. The van der Waals surface area contributed by atoms with E-state index in [4.69, 9.17) is 0 Å². The molecule has 28 heavy (non-hydrogen) atoms. The first-order valence-corrected chi connectivity index (χ1v) is 8.96. The normalized spacial score (nSPS) is 22.3. The summed E-state index contributed by atoms with van der Waals surface area (Å²) in [5.74, 6) is 0.652. The molecule has 2 aliphatic heterocycles. The minimum Gasteiger partial charge on any atom is -0.406 e. The second-order valence-electron chi connectivity index (χ2n) is 7.13. The van der Waals surface area contributed by atoms with E-state index < -0.39 is 6.36 Å². The Morgan fingerprint density at radius 2 is 1.93 bits per heavy atom. The van der Waals surface area contributed by atoms with E-state index in [-0.39, 0.29) is 5.75 Å². The number of rotatable bonds is 4. The van der Waals surface area contributed by atoms with Gasteiger partial charge in [-0.25, -0.2) is 4.98 Å². The zero-order valence-electron chi connectivity index (χ0n) is 14.8. The third kappa shape index (κ3) is 3.13. The van der Waals surface area contributed by atoms with Crippen molar-refractivity contribution < 1.29 is 17.9 Å². The molecule has 0 N–H and O–H groups in total. The topological polar surface area (TPSA) is 58.8 Å². The minimum atomic E-state index is -4.67. The zero-order chi connectivity index (χ0) is 19.3. The lowest BCUT2D eigenvalue weighted by Crippen LogP contribution is -2.46. The van der Waals surface area contributed by atoms with Crippen molar-refractivity contribution in [3.8, 4) is 5.75 Å². The quantitative estimate of drug-likeness (QED) is 0.682. The van der Waals surface area contributed by atoms with Gasteiger partial charge in [0.05, 0.1) is 0 Å². The highest BCUT2D eigenvalue weighted by Crippen LogP contribution is 2.35. The molecule has 0 radical (unpaired) electrons. The van der Waals surface area contributed by atoms with Crippen LogP contribution in [0.1, 0.15) is 12.0 Å². The second kappa shape index (κ2) is 6.33. The van der Waals surface area contributed by atoms with E-state index in [1.54, 1.807) is 24.7 Å². The molecule has 2 aromatic heterocycles. The fraction of sp³-hybridized carbons (Fsp3) is 0.389. The first-order chi connectivity index (χ1) is 13.5. The molecule has 0 spiro atoms. The molecule has 2 unspecified atom stereocenters. The van der Waals surface area contributed by atoms with Crippen LogP contribution in [0.3, 0.4) is 0 Å². The molecule has 0 amide bonds. The molecule has 4 heterocycles. The number of halogens is 3. The average molecular weight is 390 g/mol. The summed E-state index contributed by atoms with van der Waals surface area (Å²) >= 11 is 0. The van der Waals surface area contributed by atoms with Crippen LogP contribution in [0, 0.1) is 0 Å². The Balaban J connectivity index is 1.26. The molecule has 0 aliphatic carbocycles. The Kier molecular flexibility index (Phi) is 3.90. The molecular formula is C18H17F3N6O. The number of aromatic nitrogens is 4. The van der Waals surface area contributed by atoms with Gasteiger partial charge in [-0.15, -0.1) is 23.4 Å². The molecule has 7 nitrogen and oxygen atoms in total. The maximum Gasteiger partial charge on any atom is 0.573 e. The highest BCUT2D eigenvalue weighted by atomic mass is 19.4. The molecular weight excluding hydrogens is 373 g/mol. The number of ether oxygens (including phenoxy) is 1. The van der Waals surface area contributed by atoms with Crippen LogP contribution in [-0.4, -0.2) is 56.0 Å². The van der Waals surface area contributed by atoms with Gasteiger partial charge in [-0.3, -0.25) is 9.30 Å². The summed E-state index contributed by atoms with van der Waals surface area (Å²) in [4.78, 5) is 9.16. The number of alkyl halides is 3. The Morgan fingerprint density at radius 1 is 1.11 bits per heavy atom. The molecule has 1 aromatic carbocycles. The smallest absolute Gasteiger partial charge is 0.406 e. The maximum atomic E-state index is 12.3. The highest BCUT2D eigenvalue weighted by Gasteiger charge is 2.44. The molecule has 2 aliphatic rings. The summed E-state index contributed by atoms with van der Waals surface area (Å²) in [6, 6.07) is 6.81. The van der Waals surface area contributed by atoms with Gasteiger partial charge in [0, 0.05) is 44.1 Å². The van der Waals surface area contributed by atoms with E-state index in [1.165, 1.54) is 12.1 Å². The largest absolute Gasteiger partial charge is 0.573 e. The Bertz CT molecular complexity index is 989. The van der Waals surface area contributed by atoms with Gasteiger partial charge < -0.3 is 9.64 Å². The van der Waals surface area contributed by atoms with E-state index in [0.29, 0.717) is 18.6 Å². The van der Waals surface area contributed by atoms with Gasteiger partial charge in [0.15, 0.2) is 5.82 Å². The third-order valence-corrected chi connectivity index (χ3v) is 5.37. The molecule has 5 rings (SSSR count). The number of likely N-dealkylation sites (tertiary alicyclic amines) is 1.